The Balaban J connectivity index is 2.19. The molecule has 7 heteroatoms. The summed E-state index contributed by atoms with van der Waals surface area (Å²) in [5.41, 5.74) is 0.336. The van der Waals surface area contributed by atoms with Gasteiger partial charge in [0.1, 0.15) is 11.2 Å². The van der Waals surface area contributed by atoms with Gasteiger partial charge in [0.05, 0.1) is 39.5 Å². The minimum atomic E-state index is -1.29. The quantitative estimate of drug-likeness (QED) is 0.713. The Kier molecular flexibility index (Phi) is 4.46. The second kappa shape index (κ2) is 6.54. The van der Waals surface area contributed by atoms with E-state index in [0.717, 1.165) is 0 Å². The normalized spacial score (nSPS) is 12.5. The van der Waals surface area contributed by atoms with E-state index in [9.17, 15) is 13.8 Å². The number of methoxy groups -OCH3 is 1. The van der Waals surface area contributed by atoms with Crippen molar-refractivity contribution in [3.05, 3.63) is 52.2 Å². The third-order valence-electron chi connectivity index (χ3n) is 3.62. The number of hydrogen-bond donors (Lipinski definition) is 1. The van der Waals surface area contributed by atoms with Crippen LogP contribution >= 0.6 is 0 Å². The van der Waals surface area contributed by atoms with Gasteiger partial charge in [0, 0.05) is 12.0 Å². The van der Waals surface area contributed by atoms with Gasteiger partial charge in [-0.2, -0.15) is 0 Å². The van der Waals surface area contributed by atoms with E-state index in [1.54, 1.807) is 12.1 Å². The number of benzene rings is 2. The smallest absolute Gasteiger partial charge is 0.335 e. The average molecular weight is 346 g/mol. The van der Waals surface area contributed by atoms with E-state index >= 15 is 0 Å². The molecule has 0 aliphatic heterocycles. The molecule has 1 heterocycles. The number of carbonyl (C=O) groups is 1. The molecule has 0 saturated heterocycles. The molecule has 0 saturated carbocycles. The zero-order chi connectivity index (χ0) is 17.3. The predicted molar refractivity (Wildman–Crippen MR) is 90.1 cm³/mol. The summed E-state index contributed by atoms with van der Waals surface area (Å²) < 4.78 is 22.8. The van der Waals surface area contributed by atoms with Gasteiger partial charge in [-0.25, -0.2) is 4.79 Å². The van der Waals surface area contributed by atoms with E-state index in [-0.39, 0.29) is 21.8 Å². The van der Waals surface area contributed by atoms with E-state index in [2.05, 4.69) is 0 Å². The second-order valence-electron chi connectivity index (χ2n) is 5.15. The van der Waals surface area contributed by atoms with E-state index in [1.165, 1.54) is 31.4 Å². The molecule has 24 heavy (non-hydrogen) atoms. The summed E-state index contributed by atoms with van der Waals surface area (Å²) in [5, 5.41) is 9.52. The van der Waals surface area contributed by atoms with Crippen molar-refractivity contribution in [2.75, 3.05) is 19.5 Å². The lowest BCUT2D eigenvalue weighted by atomic mass is 10.1. The van der Waals surface area contributed by atoms with Gasteiger partial charge in [-0.3, -0.25) is 9.00 Å². The Morgan fingerprint density at radius 2 is 1.83 bits per heavy atom. The molecule has 0 fully saturated rings. The molecule has 0 aliphatic carbocycles. The fraction of sp³-hybridized carbons (Fsp3) is 0.176. The fourth-order valence-corrected chi connectivity index (χ4v) is 3.41. The third-order valence-corrected chi connectivity index (χ3v) is 4.94. The van der Waals surface area contributed by atoms with E-state index in [1.807, 2.05) is 0 Å². The van der Waals surface area contributed by atoms with Crippen LogP contribution in [0.3, 0.4) is 0 Å². The summed E-state index contributed by atoms with van der Waals surface area (Å²) in [5.74, 6) is -0.796. The zero-order valence-corrected chi connectivity index (χ0v) is 13.6. The molecule has 0 amide bonds. The van der Waals surface area contributed by atoms with Crippen molar-refractivity contribution in [3.8, 4) is 0 Å². The average Bonchev–Trinajstić information content (AvgIpc) is 2.59. The first-order valence-electron chi connectivity index (χ1n) is 7.12. The van der Waals surface area contributed by atoms with Gasteiger partial charge in [0.2, 0.25) is 5.43 Å². The Morgan fingerprint density at radius 3 is 2.50 bits per heavy atom. The first-order chi connectivity index (χ1) is 11.5. The van der Waals surface area contributed by atoms with Crippen molar-refractivity contribution >= 4 is 38.7 Å². The molecule has 2 aromatic carbocycles. The molecule has 1 atom stereocenters. The van der Waals surface area contributed by atoms with Gasteiger partial charge >= 0.3 is 5.97 Å². The van der Waals surface area contributed by atoms with Crippen LogP contribution in [0, 0.1) is 0 Å². The van der Waals surface area contributed by atoms with Gasteiger partial charge in [0.15, 0.2) is 0 Å². The van der Waals surface area contributed by atoms with Gasteiger partial charge in [-0.15, -0.1) is 0 Å². The largest absolute Gasteiger partial charge is 0.478 e. The second-order valence-corrected chi connectivity index (χ2v) is 6.72. The highest BCUT2D eigenvalue weighted by Gasteiger charge is 2.13. The van der Waals surface area contributed by atoms with E-state index in [4.69, 9.17) is 14.3 Å². The first kappa shape index (κ1) is 16.4. The highest BCUT2D eigenvalue weighted by atomic mass is 32.2. The Labute approximate surface area is 139 Å². The maximum Gasteiger partial charge on any atom is 0.335 e. The number of rotatable bonds is 5. The lowest BCUT2D eigenvalue weighted by Crippen LogP contribution is -2.07. The first-order valence-corrected chi connectivity index (χ1v) is 8.44. The minimum absolute atomic E-state index is 0.00831. The van der Waals surface area contributed by atoms with Crippen molar-refractivity contribution < 1.29 is 23.3 Å². The molecule has 0 spiro atoms. The maximum absolute atomic E-state index is 12.7. The summed E-state index contributed by atoms with van der Waals surface area (Å²) in [6.45, 7) is 0.346. The number of carboxylic acid groups (broad SMARTS) is 1. The van der Waals surface area contributed by atoms with Crippen molar-refractivity contribution in [2.24, 2.45) is 0 Å². The monoisotopic (exact) mass is 346 g/mol. The number of carboxylic acids is 1. The number of hydrogen-bond acceptors (Lipinski definition) is 5. The molecular weight excluding hydrogens is 332 g/mol. The van der Waals surface area contributed by atoms with Crippen LogP contribution in [-0.4, -0.2) is 34.8 Å². The highest BCUT2D eigenvalue weighted by molar-refractivity contribution is 7.85. The fourth-order valence-electron chi connectivity index (χ4n) is 2.39. The molecule has 124 valence electrons. The molecule has 3 aromatic rings. The SMILES string of the molecule is COCCS(=O)c1ccc2oc3ccc(C(=O)O)cc3c(=O)c2c1. The van der Waals surface area contributed by atoms with E-state index in [0.29, 0.717) is 28.4 Å². The molecule has 0 radical (unpaired) electrons. The summed E-state index contributed by atoms with van der Waals surface area (Å²) in [7, 11) is 0.233. The topological polar surface area (TPSA) is 93.8 Å². The van der Waals surface area contributed by atoms with Crippen LogP contribution in [0.5, 0.6) is 0 Å². The molecule has 3 rings (SSSR count). The number of ether oxygens (including phenoxy) is 1. The minimum Gasteiger partial charge on any atom is -0.478 e. The Bertz CT molecular complexity index is 1020. The van der Waals surface area contributed by atoms with E-state index < -0.39 is 16.8 Å². The number of fused-ring (bicyclic) bond motifs is 2. The van der Waals surface area contributed by atoms with Crippen LogP contribution in [0.1, 0.15) is 10.4 Å². The van der Waals surface area contributed by atoms with Crippen LogP contribution in [0.25, 0.3) is 21.9 Å². The van der Waals surface area contributed by atoms with Crippen LogP contribution in [0.2, 0.25) is 0 Å². The van der Waals surface area contributed by atoms with Crippen LogP contribution in [0.15, 0.2) is 50.5 Å². The molecule has 0 bridgehead atoms. The summed E-state index contributed by atoms with van der Waals surface area (Å²) in [6, 6.07) is 8.91. The van der Waals surface area contributed by atoms with Crippen molar-refractivity contribution in [3.63, 3.8) is 0 Å². The van der Waals surface area contributed by atoms with Crippen molar-refractivity contribution in [2.45, 2.75) is 4.90 Å². The third kappa shape index (κ3) is 2.95. The molecule has 1 N–H and O–H groups in total. The van der Waals surface area contributed by atoms with Gasteiger partial charge < -0.3 is 14.3 Å². The molecule has 1 aromatic heterocycles. The lowest BCUT2D eigenvalue weighted by Gasteiger charge is -2.05. The summed E-state index contributed by atoms with van der Waals surface area (Å²) >= 11 is 0. The van der Waals surface area contributed by atoms with Crippen LogP contribution < -0.4 is 5.43 Å². The molecule has 1 unspecified atom stereocenters. The van der Waals surface area contributed by atoms with Crippen LogP contribution in [-0.2, 0) is 15.5 Å². The summed E-state index contributed by atoms with van der Waals surface area (Å²) in [6.07, 6.45) is 0. The van der Waals surface area contributed by atoms with Gasteiger partial charge in [0.25, 0.3) is 0 Å². The highest BCUT2D eigenvalue weighted by Crippen LogP contribution is 2.22. The van der Waals surface area contributed by atoms with Crippen molar-refractivity contribution in [1.82, 2.24) is 0 Å². The Morgan fingerprint density at radius 1 is 1.17 bits per heavy atom. The van der Waals surface area contributed by atoms with Gasteiger partial charge in [-0.05, 0) is 36.4 Å². The maximum atomic E-state index is 12.7. The van der Waals surface area contributed by atoms with Gasteiger partial charge in [-0.1, -0.05) is 0 Å². The number of aromatic carboxylic acids is 1. The Hall–Kier alpha value is -2.51. The lowest BCUT2D eigenvalue weighted by molar-refractivity contribution is 0.0697. The van der Waals surface area contributed by atoms with Crippen molar-refractivity contribution in [1.29, 1.82) is 0 Å². The standard InChI is InChI=1S/C17H14O6S/c1-22-6-7-24(21)11-3-5-15-13(9-11)16(18)12-8-10(17(19)20)2-4-14(12)23-15/h2-5,8-9H,6-7H2,1H3,(H,19,20). The predicted octanol–water partition coefficient (Wildman–Crippen LogP) is 2.40. The molecular formula is C17H14O6S. The molecule has 6 nitrogen and oxygen atoms in total. The van der Waals surface area contributed by atoms with Crippen LogP contribution in [0.4, 0.5) is 0 Å². The summed E-state index contributed by atoms with van der Waals surface area (Å²) in [4.78, 5) is 24.3. The molecule has 0 aliphatic rings. The zero-order valence-electron chi connectivity index (χ0n) is 12.8.